The van der Waals surface area contributed by atoms with E-state index in [1.54, 1.807) is 38.1 Å². The van der Waals surface area contributed by atoms with Crippen LogP contribution >= 0.6 is 0 Å². The largest absolute Gasteiger partial charge is 0.503 e. The Balaban J connectivity index is 3.15. The van der Waals surface area contributed by atoms with Crippen LogP contribution in [0.15, 0.2) is 40.8 Å². The van der Waals surface area contributed by atoms with Crippen LogP contribution in [0.2, 0.25) is 0 Å². The maximum atomic E-state index is 11.9. The molecular weight excluding hydrogens is 300 g/mol. The average Bonchev–Trinajstić information content (AvgIpc) is 2.57. The molecule has 0 N–H and O–H groups in total. The molecule has 0 aromatic heterocycles. The van der Waals surface area contributed by atoms with E-state index in [1.165, 1.54) is 27.6 Å². The van der Waals surface area contributed by atoms with Crippen LogP contribution in [0.4, 0.5) is 0 Å². The molecular formula is C16H20N2O5. The van der Waals surface area contributed by atoms with Gasteiger partial charge in [0.15, 0.2) is 5.75 Å². The summed E-state index contributed by atoms with van der Waals surface area (Å²) in [5, 5.41) is 7.75. The SMILES string of the molecule is COC=C(C(=O)OC)c1ccccc1ON=C(C)C(C)=NOC. The third kappa shape index (κ3) is 5.14. The molecule has 0 radical (unpaired) electrons. The van der Waals surface area contributed by atoms with Gasteiger partial charge in [-0.2, -0.15) is 0 Å². The number of ether oxygens (including phenoxy) is 2. The highest BCUT2D eigenvalue weighted by Gasteiger charge is 2.18. The van der Waals surface area contributed by atoms with E-state index in [2.05, 4.69) is 15.1 Å². The second kappa shape index (κ2) is 9.24. The molecule has 0 saturated heterocycles. The summed E-state index contributed by atoms with van der Waals surface area (Å²) in [6.07, 6.45) is 1.29. The summed E-state index contributed by atoms with van der Waals surface area (Å²) < 4.78 is 9.70. The number of esters is 1. The van der Waals surface area contributed by atoms with Gasteiger partial charge in [0.1, 0.15) is 24.1 Å². The van der Waals surface area contributed by atoms with E-state index < -0.39 is 5.97 Å². The minimum atomic E-state index is -0.541. The zero-order valence-electron chi connectivity index (χ0n) is 13.8. The molecule has 7 nitrogen and oxygen atoms in total. The molecule has 0 aliphatic rings. The van der Waals surface area contributed by atoms with Crippen LogP contribution in [0.25, 0.3) is 5.57 Å². The summed E-state index contributed by atoms with van der Waals surface area (Å²) in [5.41, 5.74) is 1.84. The summed E-state index contributed by atoms with van der Waals surface area (Å²) in [6, 6.07) is 6.92. The van der Waals surface area contributed by atoms with Crippen molar-refractivity contribution >= 4 is 23.0 Å². The Hall–Kier alpha value is -2.83. The first-order valence-corrected chi connectivity index (χ1v) is 6.75. The monoisotopic (exact) mass is 320 g/mol. The zero-order chi connectivity index (χ0) is 17.2. The molecule has 0 fully saturated rings. The van der Waals surface area contributed by atoms with E-state index in [9.17, 15) is 4.79 Å². The van der Waals surface area contributed by atoms with Gasteiger partial charge in [-0.15, -0.1) is 0 Å². The van der Waals surface area contributed by atoms with Crippen molar-refractivity contribution in [1.82, 2.24) is 0 Å². The fourth-order valence-corrected chi connectivity index (χ4v) is 1.60. The number of para-hydroxylation sites is 1. The summed E-state index contributed by atoms with van der Waals surface area (Å²) >= 11 is 0. The normalized spacial score (nSPS) is 12.7. The molecule has 1 rings (SSSR count). The average molecular weight is 320 g/mol. The summed E-state index contributed by atoms with van der Waals surface area (Å²) in [4.78, 5) is 22.0. The second-order valence-electron chi connectivity index (χ2n) is 4.38. The quantitative estimate of drug-likeness (QED) is 0.254. The van der Waals surface area contributed by atoms with E-state index in [0.717, 1.165) is 0 Å². The van der Waals surface area contributed by atoms with Crippen LogP contribution in [-0.4, -0.2) is 38.7 Å². The zero-order valence-corrected chi connectivity index (χ0v) is 13.8. The number of rotatable bonds is 7. The number of nitrogens with zero attached hydrogens (tertiary/aromatic N) is 2. The number of methoxy groups -OCH3 is 2. The Labute approximate surface area is 135 Å². The van der Waals surface area contributed by atoms with Crippen molar-refractivity contribution in [3.8, 4) is 5.75 Å². The first-order valence-electron chi connectivity index (χ1n) is 6.75. The second-order valence-corrected chi connectivity index (χ2v) is 4.38. The molecule has 0 heterocycles. The summed E-state index contributed by atoms with van der Waals surface area (Å²) in [5.74, 6) is -0.161. The summed E-state index contributed by atoms with van der Waals surface area (Å²) in [6.45, 7) is 3.47. The predicted octanol–water partition coefficient (Wildman–Crippen LogP) is 2.62. The lowest BCUT2D eigenvalue weighted by molar-refractivity contribution is -0.133. The molecule has 0 spiro atoms. The number of hydrogen-bond acceptors (Lipinski definition) is 7. The van der Waals surface area contributed by atoms with Crippen LogP contribution in [0, 0.1) is 0 Å². The molecule has 0 aliphatic heterocycles. The number of benzene rings is 1. The van der Waals surface area contributed by atoms with Gasteiger partial charge in [-0.1, -0.05) is 28.5 Å². The van der Waals surface area contributed by atoms with Gasteiger partial charge in [0.25, 0.3) is 0 Å². The van der Waals surface area contributed by atoms with E-state index in [0.29, 0.717) is 22.7 Å². The minimum absolute atomic E-state index is 0.223. The van der Waals surface area contributed by atoms with Crippen molar-refractivity contribution in [2.24, 2.45) is 10.3 Å². The predicted molar refractivity (Wildman–Crippen MR) is 87.3 cm³/mol. The van der Waals surface area contributed by atoms with Gasteiger partial charge in [-0.3, -0.25) is 0 Å². The van der Waals surface area contributed by atoms with E-state index >= 15 is 0 Å². The molecule has 0 bridgehead atoms. The molecule has 124 valence electrons. The molecule has 23 heavy (non-hydrogen) atoms. The summed E-state index contributed by atoms with van der Waals surface area (Å²) in [7, 11) is 4.19. The van der Waals surface area contributed by atoms with Crippen LogP contribution in [0.1, 0.15) is 19.4 Å². The van der Waals surface area contributed by atoms with Gasteiger partial charge < -0.3 is 19.1 Å². The van der Waals surface area contributed by atoms with Crippen molar-refractivity contribution in [1.29, 1.82) is 0 Å². The fourth-order valence-electron chi connectivity index (χ4n) is 1.60. The first-order chi connectivity index (χ1) is 11.0. The van der Waals surface area contributed by atoms with Crippen molar-refractivity contribution < 1.29 is 23.9 Å². The van der Waals surface area contributed by atoms with Gasteiger partial charge in [-0.25, -0.2) is 4.79 Å². The Kier molecular flexibility index (Phi) is 7.32. The van der Waals surface area contributed by atoms with Crippen molar-refractivity contribution in [2.75, 3.05) is 21.3 Å². The number of carbonyl (C=O) groups excluding carboxylic acids is 1. The fraction of sp³-hybridized carbons (Fsp3) is 0.312. The number of oxime groups is 2. The van der Waals surface area contributed by atoms with Gasteiger partial charge in [0.2, 0.25) is 0 Å². The topological polar surface area (TPSA) is 78.7 Å². The van der Waals surface area contributed by atoms with Crippen LogP contribution in [0.3, 0.4) is 0 Å². The molecule has 7 heteroatoms. The third-order valence-electron chi connectivity index (χ3n) is 2.85. The van der Waals surface area contributed by atoms with E-state index in [-0.39, 0.29) is 5.57 Å². The first kappa shape index (κ1) is 18.2. The van der Waals surface area contributed by atoms with E-state index in [4.69, 9.17) is 14.3 Å². The minimum Gasteiger partial charge on any atom is -0.503 e. The molecule has 0 atom stereocenters. The highest BCUT2D eigenvalue weighted by molar-refractivity contribution is 6.40. The van der Waals surface area contributed by atoms with Crippen molar-refractivity contribution in [3.63, 3.8) is 0 Å². The highest BCUT2D eigenvalue weighted by Crippen LogP contribution is 2.27. The lowest BCUT2D eigenvalue weighted by atomic mass is 10.1. The van der Waals surface area contributed by atoms with Crippen LogP contribution < -0.4 is 4.84 Å². The van der Waals surface area contributed by atoms with E-state index in [1.807, 2.05) is 0 Å². The Morgan fingerprint density at radius 3 is 2.30 bits per heavy atom. The third-order valence-corrected chi connectivity index (χ3v) is 2.85. The number of carbonyl (C=O) groups is 1. The molecule has 0 saturated carbocycles. The van der Waals surface area contributed by atoms with Crippen molar-refractivity contribution in [2.45, 2.75) is 13.8 Å². The maximum Gasteiger partial charge on any atom is 0.341 e. The lowest BCUT2D eigenvalue weighted by Gasteiger charge is -2.10. The molecule has 1 aromatic carbocycles. The Bertz CT molecular complexity index is 635. The number of hydrogen-bond donors (Lipinski definition) is 0. The molecule has 0 amide bonds. The van der Waals surface area contributed by atoms with Gasteiger partial charge >= 0.3 is 5.97 Å². The lowest BCUT2D eigenvalue weighted by Crippen LogP contribution is -2.09. The van der Waals surface area contributed by atoms with Gasteiger partial charge in [0, 0.05) is 5.56 Å². The molecule has 0 unspecified atom stereocenters. The molecule has 1 aromatic rings. The molecule has 0 aliphatic carbocycles. The smallest absolute Gasteiger partial charge is 0.341 e. The standard InChI is InChI=1S/C16H20N2O5/c1-11(17-22-5)12(2)18-23-15-9-7-6-8-13(15)14(10-20-3)16(19)21-4/h6-10H,1-5H3. The van der Waals surface area contributed by atoms with Crippen LogP contribution in [0.5, 0.6) is 5.75 Å². The Morgan fingerprint density at radius 2 is 1.70 bits per heavy atom. The van der Waals surface area contributed by atoms with Crippen LogP contribution in [-0.2, 0) is 19.1 Å². The van der Waals surface area contributed by atoms with Crippen molar-refractivity contribution in [3.05, 3.63) is 36.1 Å². The maximum absolute atomic E-state index is 11.9. The van der Waals surface area contributed by atoms with Gasteiger partial charge in [-0.05, 0) is 19.9 Å². The Morgan fingerprint density at radius 1 is 1.04 bits per heavy atom. The highest BCUT2D eigenvalue weighted by atomic mass is 16.6. The van der Waals surface area contributed by atoms with Gasteiger partial charge in [0.05, 0.1) is 20.5 Å².